The summed E-state index contributed by atoms with van der Waals surface area (Å²) < 4.78 is 4.97. The number of hydrogen-bond acceptors (Lipinski definition) is 5. The van der Waals surface area contributed by atoms with Gasteiger partial charge >= 0.3 is 0 Å². The monoisotopic (exact) mass is 432 g/mol. The molecule has 166 valence electrons. The van der Waals surface area contributed by atoms with Crippen LogP contribution in [0, 0.1) is 6.92 Å². The number of carbonyl (C=O) groups excluding carboxylic acids is 2. The first-order valence-electron chi connectivity index (χ1n) is 10.7. The third-order valence-electron chi connectivity index (χ3n) is 5.80. The second kappa shape index (κ2) is 9.80. The maximum atomic E-state index is 12.6. The van der Waals surface area contributed by atoms with Crippen LogP contribution in [0.4, 0.5) is 5.69 Å². The van der Waals surface area contributed by atoms with Crippen molar-refractivity contribution < 1.29 is 14.0 Å². The molecule has 0 atom stereocenters. The topological polar surface area (TPSA) is 77.8 Å². The molecule has 2 aromatic carbocycles. The average molecular weight is 433 g/mol. The van der Waals surface area contributed by atoms with E-state index in [-0.39, 0.29) is 11.8 Å². The second-order valence-corrected chi connectivity index (χ2v) is 8.16. The lowest BCUT2D eigenvalue weighted by atomic mass is 9.98. The quantitative estimate of drug-likeness (QED) is 0.624. The smallest absolute Gasteiger partial charge is 0.258 e. The molecule has 3 aromatic rings. The van der Waals surface area contributed by atoms with Crippen molar-refractivity contribution in [3.05, 3.63) is 77.7 Å². The van der Waals surface area contributed by atoms with E-state index in [4.69, 9.17) is 4.42 Å². The number of furan rings is 1. The molecule has 1 aliphatic heterocycles. The fraction of sp³-hybridized carbons (Fsp3) is 0.280. The van der Waals surface area contributed by atoms with E-state index >= 15 is 0 Å². The summed E-state index contributed by atoms with van der Waals surface area (Å²) in [6.07, 6.45) is 2.89. The van der Waals surface area contributed by atoms with Crippen molar-refractivity contribution in [1.82, 2.24) is 15.1 Å². The Morgan fingerprint density at radius 2 is 1.69 bits per heavy atom. The molecule has 2 amide bonds. The van der Waals surface area contributed by atoms with Gasteiger partial charge in [-0.3, -0.25) is 14.5 Å². The van der Waals surface area contributed by atoms with E-state index in [9.17, 15) is 9.59 Å². The molecule has 1 saturated heterocycles. The van der Waals surface area contributed by atoms with Crippen molar-refractivity contribution in [2.45, 2.75) is 6.92 Å². The molecule has 1 aliphatic rings. The standard InChI is InChI=1S/C25H28N4O3/c1-18-3-8-22(27-25(31)21-9-14-32-16-21)15-23(18)19-4-6-20(7-5-19)24(30)26-17-29-12-10-28(2)11-13-29/h3-9,14-16H,10-13,17H2,1-2H3,(H,26,30)(H,27,31). The fourth-order valence-corrected chi connectivity index (χ4v) is 3.70. The summed E-state index contributed by atoms with van der Waals surface area (Å²) in [6.45, 7) is 6.54. The summed E-state index contributed by atoms with van der Waals surface area (Å²) in [6, 6.07) is 15.0. The molecule has 2 N–H and O–H groups in total. The molecule has 0 aliphatic carbocycles. The van der Waals surface area contributed by atoms with Crippen LogP contribution in [0.3, 0.4) is 0 Å². The highest BCUT2D eigenvalue weighted by Crippen LogP contribution is 2.27. The van der Waals surface area contributed by atoms with Crippen LogP contribution in [0.2, 0.25) is 0 Å². The Morgan fingerprint density at radius 3 is 2.38 bits per heavy atom. The summed E-state index contributed by atoms with van der Waals surface area (Å²) in [7, 11) is 2.11. The molecule has 0 unspecified atom stereocenters. The van der Waals surface area contributed by atoms with Crippen molar-refractivity contribution in [3.8, 4) is 11.1 Å². The van der Waals surface area contributed by atoms with Gasteiger partial charge in [0.25, 0.3) is 11.8 Å². The van der Waals surface area contributed by atoms with E-state index in [1.54, 1.807) is 6.07 Å². The van der Waals surface area contributed by atoms with Crippen LogP contribution < -0.4 is 10.6 Å². The van der Waals surface area contributed by atoms with Crippen LogP contribution >= 0.6 is 0 Å². The molecule has 7 heteroatoms. The predicted octanol–water partition coefficient (Wildman–Crippen LogP) is 3.44. The maximum absolute atomic E-state index is 12.6. The second-order valence-electron chi connectivity index (χ2n) is 8.16. The highest BCUT2D eigenvalue weighted by atomic mass is 16.3. The van der Waals surface area contributed by atoms with Gasteiger partial charge in [-0.25, -0.2) is 0 Å². The minimum absolute atomic E-state index is 0.0756. The first kappa shape index (κ1) is 21.8. The number of nitrogens with one attached hydrogen (secondary N) is 2. The number of piperazine rings is 1. The number of aryl methyl sites for hydroxylation is 1. The van der Waals surface area contributed by atoms with E-state index in [0.717, 1.165) is 42.9 Å². The van der Waals surface area contributed by atoms with Gasteiger partial charge in [-0.15, -0.1) is 0 Å². The van der Waals surface area contributed by atoms with Crippen LogP contribution in [0.1, 0.15) is 26.3 Å². The summed E-state index contributed by atoms with van der Waals surface area (Å²) in [5.41, 5.74) is 4.87. The van der Waals surface area contributed by atoms with Gasteiger partial charge in [0, 0.05) is 37.4 Å². The minimum Gasteiger partial charge on any atom is -0.472 e. The van der Waals surface area contributed by atoms with Gasteiger partial charge in [-0.2, -0.15) is 0 Å². The summed E-state index contributed by atoms with van der Waals surface area (Å²) in [5.74, 6) is -0.297. The normalized spacial score (nSPS) is 14.8. The van der Waals surface area contributed by atoms with E-state index in [1.807, 2.05) is 49.4 Å². The van der Waals surface area contributed by atoms with Crippen LogP contribution in [-0.4, -0.2) is 61.5 Å². The van der Waals surface area contributed by atoms with E-state index in [0.29, 0.717) is 23.5 Å². The molecular weight excluding hydrogens is 404 g/mol. The number of likely N-dealkylation sites (N-methyl/N-ethyl adjacent to an activating group) is 1. The Bertz CT molecular complexity index is 1070. The molecule has 4 rings (SSSR count). The molecule has 32 heavy (non-hydrogen) atoms. The Kier molecular flexibility index (Phi) is 6.68. The maximum Gasteiger partial charge on any atom is 0.258 e. The van der Waals surface area contributed by atoms with Crippen molar-refractivity contribution in [3.63, 3.8) is 0 Å². The van der Waals surface area contributed by atoms with Gasteiger partial charge in [-0.1, -0.05) is 18.2 Å². The molecule has 2 heterocycles. The van der Waals surface area contributed by atoms with Gasteiger partial charge in [0.1, 0.15) is 6.26 Å². The van der Waals surface area contributed by atoms with E-state index in [2.05, 4.69) is 27.5 Å². The SMILES string of the molecule is Cc1ccc(NC(=O)c2ccoc2)cc1-c1ccc(C(=O)NCN2CCN(C)CC2)cc1. The molecule has 1 fully saturated rings. The first-order chi connectivity index (χ1) is 15.5. The zero-order chi connectivity index (χ0) is 22.5. The lowest BCUT2D eigenvalue weighted by Crippen LogP contribution is -2.48. The summed E-state index contributed by atoms with van der Waals surface area (Å²) in [4.78, 5) is 29.4. The molecular formula is C25H28N4O3. The Balaban J connectivity index is 1.40. The van der Waals surface area contributed by atoms with Crippen molar-refractivity contribution in [1.29, 1.82) is 0 Å². The molecule has 0 radical (unpaired) electrons. The van der Waals surface area contributed by atoms with Crippen molar-refractivity contribution in [2.24, 2.45) is 0 Å². The first-order valence-corrected chi connectivity index (χ1v) is 10.7. The van der Waals surface area contributed by atoms with Crippen LogP contribution in [-0.2, 0) is 0 Å². The molecule has 0 saturated carbocycles. The van der Waals surface area contributed by atoms with Crippen LogP contribution in [0.5, 0.6) is 0 Å². The number of anilines is 1. The van der Waals surface area contributed by atoms with Crippen molar-refractivity contribution in [2.75, 3.05) is 45.2 Å². The highest BCUT2D eigenvalue weighted by Gasteiger charge is 2.15. The third-order valence-corrected chi connectivity index (χ3v) is 5.80. The fourth-order valence-electron chi connectivity index (χ4n) is 3.70. The molecule has 7 nitrogen and oxygen atoms in total. The van der Waals surface area contributed by atoms with E-state index in [1.165, 1.54) is 12.5 Å². The third kappa shape index (κ3) is 5.25. The lowest BCUT2D eigenvalue weighted by molar-refractivity contribution is 0.0889. The van der Waals surface area contributed by atoms with Gasteiger partial charge in [-0.05, 0) is 61.0 Å². The molecule has 1 aromatic heterocycles. The van der Waals surface area contributed by atoms with Crippen LogP contribution in [0.15, 0.2) is 65.5 Å². The Hall–Kier alpha value is -3.42. The number of benzene rings is 2. The largest absolute Gasteiger partial charge is 0.472 e. The van der Waals surface area contributed by atoms with Gasteiger partial charge in [0.2, 0.25) is 0 Å². The minimum atomic E-state index is -0.221. The van der Waals surface area contributed by atoms with Gasteiger partial charge in [0.15, 0.2) is 0 Å². The number of carbonyl (C=O) groups is 2. The summed E-state index contributed by atoms with van der Waals surface area (Å²) in [5, 5.41) is 5.90. The zero-order valence-corrected chi connectivity index (χ0v) is 18.4. The summed E-state index contributed by atoms with van der Waals surface area (Å²) >= 11 is 0. The molecule has 0 spiro atoms. The zero-order valence-electron chi connectivity index (χ0n) is 18.4. The predicted molar refractivity (Wildman–Crippen MR) is 125 cm³/mol. The van der Waals surface area contributed by atoms with Crippen LogP contribution in [0.25, 0.3) is 11.1 Å². The Morgan fingerprint density at radius 1 is 0.938 bits per heavy atom. The number of rotatable bonds is 6. The number of hydrogen-bond donors (Lipinski definition) is 2. The molecule has 0 bridgehead atoms. The lowest BCUT2D eigenvalue weighted by Gasteiger charge is -2.32. The van der Waals surface area contributed by atoms with E-state index < -0.39 is 0 Å². The van der Waals surface area contributed by atoms with Gasteiger partial charge in [0.05, 0.1) is 18.5 Å². The number of amides is 2. The number of nitrogens with zero attached hydrogens (tertiary/aromatic N) is 2. The average Bonchev–Trinajstić information content (AvgIpc) is 3.35. The van der Waals surface area contributed by atoms with Crippen molar-refractivity contribution >= 4 is 17.5 Å². The highest BCUT2D eigenvalue weighted by molar-refractivity contribution is 6.04. The Labute approximate surface area is 188 Å². The van der Waals surface area contributed by atoms with Gasteiger partial charge < -0.3 is 20.0 Å².